The minimum absolute atomic E-state index is 0.419. The number of hydrogen-bond acceptors (Lipinski definition) is 2. The van der Waals surface area contributed by atoms with Gasteiger partial charge in [0.05, 0.1) is 21.8 Å². The second-order valence-electron chi connectivity index (χ2n) is 4.46. The second-order valence-corrected chi connectivity index (χ2v) is 5.24. The molecule has 1 aliphatic rings. The molecule has 0 bridgehead atoms. The summed E-state index contributed by atoms with van der Waals surface area (Å²) in [6, 6.07) is 6.16. The van der Waals surface area contributed by atoms with Gasteiger partial charge in [-0.1, -0.05) is 29.3 Å². The van der Waals surface area contributed by atoms with Gasteiger partial charge in [-0.15, -0.1) is 0 Å². The van der Waals surface area contributed by atoms with Gasteiger partial charge >= 0.3 is 0 Å². The Morgan fingerprint density at radius 3 is 2.53 bits per heavy atom. The highest BCUT2D eigenvalue weighted by Crippen LogP contribution is 2.32. The molecule has 0 unspecified atom stereocenters. The Balaban J connectivity index is 1.95. The Kier molecular flexibility index (Phi) is 4.55. The summed E-state index contributed by atoms with van der Waals surface area (Å²) < 4.78 is 5.36. The minimum Gasteiger partial charge on any atom is -0.381 e. The van der Waals surface area contributed by atoms with Gasteiger partial charge in [-0.05, 0) is 37.8 Å². The van der Waals surface area contributed by atoms with Crippen molar-refractivity contribution in [3.05, 3.63) is 28.2 Å². The van der Waals surface area contributed by atoms with E-state index in [4.69, 9.17) is 27.9 Å². The van der Waals surface area contributed by atoms with E-state index in [1.807, 2.05) is 12.1 Å². The van der Waals surface area contributed by atoms with Crippen LogP contribution in [0.1, 0.15) is 25.7 Å². The number of halogens is 2. The van der Waals surface area contributed by atoms with E-state index < -0.39 is 0 Å². The SMILES string of the molecule is COC1CCC(Nc2cccc(Cl)c2Cl)CC1. The van der Waals surface area contributed by atoms with Crippen LogP contribution in [0.2, 0.25) is 10.0 Å². The van der Waals surface area contributed by atoms with Crippen LogP contribution in [-0.4, -0.2) is 19.3 Å². The number of rotatable bonds is 3. The molecule has 0 aliphatic heterocycles. The van der Waals surface area contributed by atoms with Crippen molar-refractivity contribution in [1.82, 2.24) is 0 Å². The first-order valence-electron chi connectivity index (χ1n) is 5.94. The van der Waals surface area contributed by atoms with Crippen molar-refractivity contribution in [2.45, 2.75) is 37.8 Å². The van der Waals surface area contributed by atoms with E-state index >= 15 is 0 Å². The topological polar surface area (TPSA) is 21.3 Å². The molecular formula is C13H17Cl2NO. The van der Waals surface area contributed by atoms with Crippen LogP contribution in [0.25, 0.3) is 0 Å². The number of benzene rings is 1. The lowest BCUT2D eigenvalue weighted by Crippen LogP contribution is -2.29. The van der Waals surface area contributed by atoms with Crippen LogP contribution in [0.5, 0.6) is 0 Å². The predicted octanol–water partition coefficient (Wildman–Crippen LogP) is 4.36. The third-order valence-corrected chi connectivity index (χ3v) is 4.14. The lowest BCUT2D eigenvalue weighted by Gasteiger charge is -2.29. The van der Waals surface area contributed by atoms with Crippen molar-refractivity contribution in [3.8, 4) is 0 Å². The monoisotopic (exact) mass is 273 g/mol. The fourth-order valence-electron chi connectivity index (χ4n) is 2.28. The van der Waals surface area contributed by atoms with E-state index in [-0.39, 0.29) is 0 Å². The molecule has 0 radical (unpaired) electrons. The molecule has 94 valence electrons. The molecule has 4 heteroatoms. The van der Waals surface area contributed by atoms with Gasteiger partial charge in [0.15, 0.2) is 0 Å². The molecule has 1 aromatic rings. The highest BCUT2D eigenvalue weighted by Gasteiger charge is 2.21. The molecule has 0 spiro atoms. The highest BCUT2D eigenvalue weighted by atomic mass is 35.5. The van der Waals surface area contributed by atoms with Gasteiger partial charge in [-0.2, -0.15) is 0 Å². The summed E-state index contributed by atoms with van der Waals surface area (Å²) in [5.74, 6) is 0. The van der Waals surface area contributed by atoms with Gasteiger partial charge in [-0.3, -0.25) is 0 Å². The van der Waals surface area contributed by atoms with Crippen molar-refractivity contribution in [3.63, 3.8) is 0 Å². The number of ether oxygens (including phenoxy) is 1. The summed E-state index contributed by atoms with van der Waals surface area (Å²) in [6.45, 7) is 0. The Labute approximate surface area is 112 Å². The van der Waals surface area contributed by atoms with Crippen LogP contribution in [-0.2, 0) is 4.74 Å². The van der Waals surface area contributed by atoms with E-state index in [1.54, 1.807) is 13.2 Å². The lowest BCUT2D eigenvalue weighted by molar-refractivity contribution is 0.0682. The zero-order valence-corrected chi connectivity index (χ0v) is 11.4. The average Bonchev–Trinajstić information content (AvgIpc) is 2.36. The molecular weight excluding hydrogens is 257 g/mol. The molecule has 2 rings (SSSR count). The fraction of sp³-hybridized carbons (Fsp3) is 0.538. The van der Waals surface area contributed by atoms with Crippen molar-refractivity contribution in [1.29, 1.82) is 0 Å². The van der Waals surface area contributed by atoms with E-state index in [0.717, 1.165) is 31.4 Å². The number of methoxy groups -OCH3 is 1. The number of hydrogen-bond donors (Lipinski definition) is 1. The van der Waals surface area contributed by atoms with Crippen molar-refractivity contribution in [2.75, 3.05) is 12.4 Å². The molecule has 17 heavy (non-hydrogen) atoms. The van der Waals surface area contributed by atoms with E-state index in [1.165, 1.54) is 0 Å². The molecule has 1 fully saturated rings. The van der Waals surface area contributed by atoms with Crippen LogP contribution < -0.4 is 5.32 Å². The highest BCUT2D eigenvalue weighted by molar-refractivity contribution is 6.43. The summed E-state index contributed by atoms with van der Waals surface area (Å²) in [7, 11) is 1.78. The fourth-order valence-corrected chi connectivity index (χ4v) is 2.63. The largest absolute Gasteiger partial charge is 0.381 e. The standard InChI is InChI=1S/C13H17Cl2NO/c1-17-10-7-5-9(6-8-10)16-12-4-2-3-11(14)13(12)15/h2-4,9-10,16H,5-8H2,1H3. The minimum atomic E-state index is 0.419. The van der Waals surface area contributed by atoms with Gasteiger partial charge in [0.25, 0.3) is 0 Å². The molecule has 0 saturated heterocycles. The Morgan fingerprint density at radius 1 is 1.18 bits per heavy atom. The maximum Gasteiger partial charge on any atom is 0.0823 e. The zero-order chi connectivity index (χ0) is 12.3. The molecule has 1 saturated carbocycles. The first-order valence-corrected chi connectivity index (χ1v) is 6.69. The maximum absolute atomic E-state index is 6.15. The van der Waals surface area contributed by atoms with Gasteiger partial charge in [0.1, 0.15) is 0 Å². The van der Waals surface area contributed by atoms with E-state index in [0.29, 0.717) is 22.2 Å². The van der Waals surface area contributed by atoms with Gasteiger partial charge in [-0.25, -0.2) is 0 Å². The van der Waals surface area contributed by atoms with E-state index in [2.05, 4.69) is 5.32 Å². The molecule has 2 nitrogen and oxygen atoms in total. The smallest absolute Gasteiger partial charge is 0.0823 e. The van der Waals surface area contributed by atoms with Gasteiger partial charge in [0.2, 0.25) is 0 Å². The number of nitrogens with one attached hydrogen (secondary N) is 1. The van der Waals surface area contributed by atoms with Crippen molar-refractivity contribution in [2.24, 2.45) is 0 Å². The first kappa shape index (κ1) is 13.0. The molecule has 1 aliphatic carbocycles. The van der Waals surface area contributed by atoms with E-state index in [9.17, 15) is 0 Å². The normalized spacial score (nSPS) is 24.6. The summed E-state index contributed by atoms with van der Waals surface area (Å²) in [4.78, 5) is 0. The third-order valence-electron chi connectivity index (χ3n) is 3.32. The Morgan fingerprint density at radius 2 is 1.88 bits per heavy atom. The molecule has 0 atom stereocenters. The van der Waals surface area contributed by atoms with Crippen molar-refractivity contribution < 1.29 is 4.74 Å². The van der Waals surface area contributed by atoms with Crippen LogP contribution >= 0.6 is 23.2 Å². The van der Waals surface area contributed by atoms with Crippen molar-refractivity contribution >= 4 is 28.9 Å². The maximum atomic E-state index is 6.15. The third kappa shape index (κ3) is 3.27. The van der Waals surface area contributed by atoms with Crippen LogP contribution in [0.15, 0.2) is 18.2 Å². The van der Waals surface area contributed by atoms with Crippen LogP contribution in [0.4, 0.5) is 5.69 Å². The lowest BCUT2D eigenvalue weighted by atomic mass is 9.93. The van der Waals surface area contributed by atoms with Crippen LogP contribution in [0.3, 0.4) is 0 Å². The average molecular weight is 274 g/mol. The molecule has 0 amide bonds. The predicted molar refractivity (Wildman–Crippen MR) is 73.1 cm³/mol. The van der Waals surface area contributed by atoms with Crippen LogP contribution in [0, 0.1) is 0 Å². The molecule has 0 aromatic heterocycles. The second kappa shape index (κ2) is 5.94. The Bertz CT molecular complexity index is 376. The first-order chi connectivity index (χ1) is 8.20. The van der Waals surface area contributed by atoms with Gasteiger partial charge in [0, 0.05) is 13.2 Å². The van der Waals surface area contributed by atoms with Gasteiger partial charge < -0.3 is 10.1 Å². The molecule has 1 N–H and O–H groups in total. The molecule has 1 aromatic carbocycles. The molecule has 0 heterocycles. The summed E-state index contributed by atoms with van der Waals surface area (Å²) in [5, 5.41) is 4.68. The quantitative estimate of drug-likeness (QED) is 0.884. The zero-order valence-electron chi connectivity index (χ0n) is 9.88. The summed E-state index contributed by atoms with van der Waals surface area (Å²) in [5.41, 5.74) is 0.931. The Hall–Kier alpha value is -0.440. The summed E-state index contributed by atoms with van der Waals surface area (Å²) >= 11 is 12.1. The number of anilines is 1. The summed E-state index contributed by atoms with van der Waals surface area (Å²) in [6.07, 6.45) is 4.85.